The summed E-state index contributed by atoms with van der Waals surface area (Å²) in [5, 5.41) is 5.24. The Morgan fingerprint density at radius 1 is 1.04 bits per heavy atom. The van der Waals surface area contributed by atoms with Gasteiger partial charge in [-0.15, -0.1) is 0 Å². The van der Waals surface area contributed by atoms with Crippen LogP contribution in [0.2, 0.25) is 0 Å². The monoisotopic (exact) mass is 390 g/mol. The second-order valence-electron chi connectivity index (χ2n) is 5.42. The first-order valence-electron chi connectivity index (χ1n) is 7.46. The third kappa shape index (κ3) is 5.70. The van der Waals surface area contributed by atoms with Gasteiger partial charge in [-0.25, -0.2) is 0 Å². The Hall–Kier alpha value is -2.34. The van der Waals surface area contributed by atoms with Crippen molar-refractivity contribution >= 4 is 33.4 Å². The molecule has 0 saturated carbocycles. The number of nitrogens with one attached hydrogen (secondary N) is 2. The van der Waals surface area contributed by atoms with Gasteiger partial charge in [0.25, 0.3) is 5.91 Å². The zero-order chi connectivity index (χ0) is 17.5. The Labute approximate surface area is 149 Å². The standard InChI is InChI=1S/C18H19BrN2O3/c1-12-7-13(2)9-14(8-12)24-11-18(23)20-10-17(22)21-16-6-4-3-5-15(16)19/h3-9H,10-11H2,1-2H3,(H,20,23)(H,21,22). The van der Waals surface area contributed by atoms with E-state index in [2.05, 4.69) is 26.6 Å². The van der Waals surface area contributed by atoms with Crippen LogP contribution in [0, 0.1) is 13.8 Å². The smallest absolute Gasteiger partial charge is 0.258 e. The van der Waals surface area contributed by atoms with Crippen molar-refractivity contribution in [2.45, 2.75) is 13.8 Å². The predicted octanol–water partition coefficient (Wildman–Crippen LogP) is 3.20. The number of carbonyl (C=O) groups is 2. The molecule has 0 heterocycles. The molecule has 2 rings (SSSR count). The van der Waals surface area contributed by atoms with E-state index in [-0.39, 0.29) is 25.0 Å². The summed E-state index contributed by atoms with van der Waals surface area (Å²) in [5.41, 5.74) is 2.79. The zero-order valence-corrected chi connectivity index (χ0v) is 15.1. The molecule has 126 valence electrons. The Balaban J connectivity index is 1.76. The number of hydrogen-bond donors (Lipinski definition) is 2. The molecule has 0 atom stereocenters. The molecule has 24 heavy (non-hydrogen) atoms. The first-order valence-corrected chi connectivity index (χ1v) is 8.25. The van der Waals surface area contributed by atoms with Crippen molar-refractivity contribution in [3.8, 4) is 5.75 Å². The maximum absolute atomic E-state index is 11.8. The molecule has 2 amide bonds. The minimum absolute atomic E-state index is 0.115. The molecule has 5 nitrogen and oxygen atoms in total. The van der Waals surface area contributed by atoms with Crippen molar-refractivity contribution in [2.75, 3.05) is 18.5 Å². The third-order valence-corrected chi connectivity index (χ3v) is 3.85. The fourth-order valence-corrected chi connectivity index (χ4v) is 2.54. The minimum Gasteiger partial charge on any atom is -0.484 e. The van der Waals surface area contributed by atoms with E-state index in [1.54, 1.807) is 6.07 Å². The van der Waals surface area contributed by atoms with Gasteiger partial charge >= 0.3 is 0 Å². The highest BCUT2D eigenvalue weighted by Crippen LogP contribution is 2.20. The van der Waals surface area contributed by atoms with Crippen molar-refractivity contribution < 1.29 is 14.3 Å². The average molecular weight is 391 g/mol. The van der Waals surface area contributed by atoms with Crippen molar-refractivity contribution in [2.24, 2.45) is 0 Å². The summed E-state index contributed by atoms with van der Waals surface area (Å²) in [5.74, 6) is -0.0154. The normalized spacial score (nSPS) is 10.1. The fourth-order valence-electron chi connectivity index (χ4n) is 2.15. The second-order valence-corrected chi connectivity index (χ2v) is 6.27. The van der Waals surface area contributed by atoms with Crippen LogP contribution in [0.5, 0.6) is 5.75 Å². The number of aryl methyl sites for hydroxylation is 2. The molecule has 0 spiro atoms. The van der Waals surface area contributed by atoms with E-state index in [1.807, 2.05) is 50.2 Å². The van der Waals surface area contributed by atoms with Gasteiger partial charge in [-0.1, -0.05) is 18.2 Å². The molecule has 6 heteroatoms. The summed E-state index contributed by atoms with van der Waals surface area (Å²) in [6.07, 6.45) is 0. The lowest BCUT2D eigenvalue weighted by Gasteiger charge is -2.10. The van der Waals surface area contributed by atoms with Gasteiger partial charge in [-0.05, 0) is 65.2 Å². The lowest BCUT2D eigenvalue weighted by atomic mass is 10.1. The molecular weight excluding hydrogens is 372 g/mol. The number of benzene rings is 2. The van der Waals surface area contributed by atoms with E-state index in [9.17, 15) is 9.59 Å². The molecule has 0 fully saturated rings. The van der Waals surface area contributed by atoms with Gasteiger partial charge in [0.2, 0.25) is 5.91 Å². The summed E-state index contributed by atoms with van der Waals surface area (Å²) < 4.78 is 6.23. The van der Waals surface area contributed by atoms with Gasteiger partial charge < -0.3 is 15.4 Å². The zero-order valence-electron chi connectivity index (χ0n) is 13.6. The summed E-state index contributed by atoms with van der Waals surface area (Å²) in [6, 6.07) is 13.0. The van der Waals surface area contributed by atoms with Gasteiger partial charge in [-0.3, -0.25) is 9.59 Å². The average Bonchev–Trinajstić information content (AvgIpc) is 2.52. The number of amides is 2. The van der Waals surface area contributed by atoms with Crippen LogP contribution in [-0.2, 0) is 9.59 Å². The topological polar surface area (TPSA) is 67.4 Å². The molecule has 0 saturated heterocycles. The summed E-state index contributed by atoms with van der Waals surface area (Å²) in [4.78, 5) is 23.6. The van der Waals surface area contributed by atoms with E-state index in [0.717, 1.165) is 15.6 Å². The molecule has 0 unspecified atom stereocenters. The van der Waals surface area contributed by atoms with Gasteiger partial charge in [-0.2, -0.15) is 0 Å². The van der Waals surface area contributed by atoms with Crippen LogP contribution in [0.25, 0.3) is 0 Å². The van der Waals surface area contributed by atoms with Crippen molar-refractivity contribution in [3.63, 3.8) is 0 Å². The van der Waals surface area contributed by atoms with Crippen molar-refractivity contribution in [1.29, 1.82) is 0 Å². The van der Waals surface area contributed by atoms with Crippen molar-refractivity contribution in [3.05, 3.63) is 58.1 Å². The number of halogens is 1. The van der Waals surface area contributed by atoms with Gasteiger partial charge in [0.1, 0.15) is 5.75 Å². The Bertz CT molecular complexity index is 727. The highest BCUT2D eigenvalue weighted by molar-refractivity contribution is 9.10. The number of para-hydroxylation sites is 1. The number of ether oxygens (including phenoxy) is 1. The molecular formula is C18H19BrN2O3. The molecule has 0 radical (unpaired) electrons. The maximum atomic E-state index is 11.8. The van der Waals surface area contributed by atoms with Crippen molar-refractivity contribution in [1.82, 2.24) is 5.32 Å². The van der Waals surface area contributed by atoms with Crippen LogP contribution in [0.4, 0.5) is 5.69 Å². The number of anilines is 1. The molecule has 2 aromatic carbocycles. The van der Waals surface area contributed by atoms with E-state index >= 15 is 0 Å². The molecule has 0 aliphatic rings. The summed E-state index contributed by atoms with van der Waals surface area (Å²) >= 11 is 3.35. The van der Waals surface area contributed by atoms with E-state index in [4.69, 9.17) is 4.74 Å². The molecule has 0 bridgehead atoms. The van der Waals surface area contributed by atoms with Crippen LogP contribution < -0.4 is 15.4 Å². The first-order chi connectivity index (χ1) is 11.4. The number of carbonyl (C=O) groups excluding carboxylic acids is 2. The lowest BCUT2D eigenvalue weighted by Crippen LogP contribution is -2.35. The molecule has 0 aliphatic heterocycles. The molecule has 2 aromatic rings. The minimum atomic E-state index is -0.351. The lowest BCUT2D eigenvalue weighted by molar-refractivity contribution is -0.125. The van der Waals surface area contributed by atoms with E-state index in [1.165, 1.54) is 0 Å². The Kier molecular flexibility index (Phi) is 6.37. The third-order valence-electron chi connectivity index (χ3n) is 3.16. The van der Waals surface area contributed by atoms with Gasteiger partial charge in [0.05, 0.1) is 12.2 Å². The largest absolute Gasteiger partial charge is 0.484 e. The van der Waals surface area contributed by atoms with Crippen LogP contribution >= 0.6 is 15.9 Å². The summed E-state index contributed by atoms with van der Waals surface area (Å²) in [6.45, 7) is 3.68. The molecule has 0 aromatic heterocycles. The number of rotatable bonds is 6. The maximum Gasteiger partial charge on any atom is 0.258 e. The molecule has 2 N–H and O–H groups in total. The molecule has 0 aliphatic carbocycles. The second kappa shape index (κ2) is 8.49. The quantitative estimate of drug-likeness (QED) is 0.795. The highest BCUT2D eigenvalue weighted by Gasteiger charge is 2.08. The number of hydrogen-bond acceptors (Lipinski definition) is 3. The van der Waals surface area contributed by atoms with E-state index < -0.39 is 0 Å². The van der Waals surface area contributed by atoms with Crippen LogP contribution in [-0.4, -0.2) is 25.0 Å². The van der Waals surface area contributed by atoms with Crippen LogP contribution in [0.15, 0.2) is 46.9 Å². The van der Waals surface area contributed by atoms with Gasteiger partial charge in [0.15, 0.2) is 6.61 Å². The Morgan fingerprint density at radius 3 is 2.38 bits per heavy atom. The summed E-state index contributed by atoms with van der Waals surface area (Å²) in [7, 11) is 0. The van der Waals surface area contributed by atoms with Gasteiger partial charge in [0, 0.05) is 4.47 Å². The van der Waals surface area contributed by atoms with Crippen LogP contribution in [0.1, 0.15) is 11.1 Å². The predicted molar refractivity (Wildman–Crippen MR) is 97.2 cm³/mol. The van der Waals surface area contributed by atoms with Crippen LogP contribution in [0.3, 0.4) is 0 Å². The Morgan fingerprint density at radius 2 is 1.71 bits per heavy atom. The highest BCUT2D eigenvalue weighted by atomic mass is 79.9. The SMILES string of the molecule is Cc1cc(C)cc(OCC(=O)NCC(=O)Nc2ccccc2Br)c1. The van der Waals surface area contributed by atoms with E-state index in [0.29, 0.717) is 11.4 Å². The fraction of sp³-hybridized carbons (Fsp3) is 0.222. The first kappa shape index (κ1) is 18.0.